The lowest BCUT2D eigenvalue weighted by atomic mass is 10.4. The van der Waals surface area contributed by atoms with Crippen molar-refractivity contribution in [1.82, 2.24) is 15.2 Å². The van der Waals surface area contributed by atoms with Crippen molar-refractivity contribution in [3.8, 4) is 0 Å². The minimum atomic E-state index is 0.637. The van der Waals surface area contributed by atoms with Gasteiger partial charge in [0.05, 0.1) is 6.61 Å². The van der Waals surface area contributed by atoms with E-state index in [1.54, 1.807) is 7.11 Å². The first-order valence-electron chi connectivity index (χ1n) is 4.30. The van der Waals surface area contributed by atoms with Crippen LogP contribution >= 0.6 is 0 Å². The zero-order chi connectivity index (χ0) is 8.39. The summed E-state index contributed by atoms with van der Waals surface area (Å²) in [4.78, 5) is 4.36. The molecular formula is C8H13N3O. The molecule has 1 aromatic rings. The summed E-state index contributed by atoms with van der Waals surface area (Å²) in [6.45, 7) is 0.708. The Hall–Kier alpha value is -0.900. The van der Waals surface area contributed by atoms with E-state index in [4.69, 9.17) is 4.74 Å². The minimum Gasteiger partial charge on any atom is -0.384 e. The molecule has 1 heterocycles. The maximum atomic E-state index is 4.94. The SMILES string of the molecule is COCCc1nc(C2CC2)n[nH]1. The second-order valence-corrected chi connectivity index (χ2v) is 3.16. The number of hydrogen-bond donors (Lipinski definition) is 1. The smallest absolute Gasteiger partial charge is 0.153 e. The molecule has 4 heteroatoms. The fourth-order valence-electron chi connectivity index (χ4n) is 1.14. The van der Waals surface area contributed by atoms with Crippen LogP contribution in [-0.4, -0.2) is 28.9 Å². The fraction of sp³-hybridized carbons (Fsp3) is 0.750. The molecule has 0 radical (unpaired) electrons. The molecule has 1 N–H and O–H groups in total. The zero-order valence-corrected chi connectivity index (χ0v) is 7.21. The van der Waals surface area contributed by atoms with Crippen LogP contribution in [-0.2, 0) is 11.2 Å². The first-order valence-corrected chi connectivity index (χ1v) is 4.30. The molecule has 1 aliphatic carbocycles. The molecule has 1 aromatic heterocycles. The van der Waals surface area contributed by atoms with E-state index in [0.717, 1.165) is 18.1 Å². The summed E-state index contributed by atoms with van der Waals surface area (Å²) in [7, 11) is 1.69. The van der Waals surface area contributed by atoms with Gasteiger partial charge in [0.1, 0.15) is 5.82 Å². The van der Waals surface area contributed by atoms with Crippen LogP contribution in [0.4, 0.5) is 0 Å². The van der Waals surface area contributed by atoms with Crippen LogP contribution in [0, 0.1) is 0 Å². The molecule has 4 nitrogen and oxygen atoms in total. The zero-order valence-electron chi connectivity index (χ0n) is 7.21. The third kappa shape index (κ3) is 1.64. The Morgan fingerprint density at radius 1 is 1.58 bits per heavy atom. The van der Waals surface area contributed by atoms with Crippen molar-refractivity contribution in [2.24, 2.45) is 0 Å². The Bertz CT molecular complexity index is 255. The van der Waals surface area contributed by atoms with Gasteiger partial charge in [0.15, 0.2) is 5.82 Å². The predicted molar refractivity (Wildman–Crippen MR) is 43.9 cm³/mol. The van der Waals surface area contributed by atoms with Gasteiger partial charge in [-0.05, 0) is 12.8 Å². The topological polar surface area (TPSA) is 50.8 Å². The van der Waals surface area contributed by atoms with Gasteiger partial charge in [-0.15, -0.1) is 0 Å². The number of methoxy groups -OCH3 is 1. The van der Waals surface area contributed by atoms with Crippen molar-refractivity contribution >= 4 is 0 Å². The van der Waals surface area contributed by atoms with E-state index in [1.807, 2.05) is 0 Å². The standard InChI is InChI=1S/C8H13N3O/c1-12-5-4-7-9-8(11-10-7)6-2-3-6/h6H,2-5H2,1H3,(H,9,10,11). The first-order chi connectivity index (χ1) is 5.90. The van der Waals surface area contributed by atoms with E-state index in [2.05, 4.69) is 15.2 Å². The monoisotopic (exact) mass is 167 g/mol. The number of H-pyrrole nitrogens is 1. The summed E-state index contributed by atoms with van der Waals surface area (Å²) in [5.74, 6) is 2.57. The Morgan fingerprint density at radius 2 is 2.42 bits per heavy atom. The average Bonchev–Trinajstić information content (AvgIpc) is 2.83. The summed E-state index contributed by atoms with van der Waals surface area (Å²) in [6.07, 6.45) is 3.33. The van der Waals surface area contributed by atoms with Gasteiger partial charge in [-0.1, -0.05) is 0 Å². The third-order valence-corrected chi connectivity index (χ3v) is 2.03. The largest absolute Gasteiger partial charge is 0.384 e. The highest BCUT2D eigenvalue weighted by Crippen LogP contribution is 2.37. The second-order valence-electron chi connectivity index (χ2n) is 3.16. The van der Waals surface area contributed by atoms with E-state index < -0.39 is 0 Å². The lowest BCUT2D eigenvalue weighted by Crippen LogP contribution is -1.96. The molecule has 0 saturated heterocycles. The Balaban J connectivity index is 1.93. The summed E-state index contributed by atoms with van der Waals surface area (Å²) < 4.78 is 4.94. The highest BCUT2D eigenvalue weighted by Gasteiger charge is 2.27. The second kappa shape index (κ2) is 3.23. The van der Waals surface area contributed by atoms with Gasteiger partial charge in [0, 0.05) is 19.4 Å². The van der Waals surface area contributed by atoms with Gasteiger partial charge in [-0.2, -0.15) is 5.10 Å². The van der Waals surface area contributed by atoms with Crippen LogP contribution in [0.3, 0.4) is 0 Å². The van der Waals surface area contributed by atoms with Crippen molar-refractivity contribution < 1.29 is 4.74 Å². The minimum absolute atomic E-state index is 0.637. The molecule has 0 unspecified atom stereocenters. The van der Waals surface area contributed by atoms with Crippen LogP contribution in [0.2, 0.25) is 0 Å². The molecule has 66 valence electrons. The maximum absolute atomic E-state index is 4.94. The van der Waals surface area contributed by atoms with E-state index >= 15 is 0 Å². The molecule has 0 atom stereocenters. The van der Waals surface area contributed by atoms with Crippen LogP contribution in [0.5, 0.6) is 0 Å². The van der Waals surface area contributed by atoms with Gasteiger partial charge in [-0.3, -0.25) is 5.10 Å². The summed E-state index contributed by atoms with van der Waals surface area (Å²) in [6, 6.07) is 0. The Kier molecular flexibility index (Phi) is 2.08. The number of nitrogens with one attached hydrogen (secondary N) is 1. The molecule has 12 heavy (non-hydrogen) atoms. The van der Waals surface area contributed by atoms with Crippen molar-refractivity contribution in [2.75, 3.05) is 13.7 Å². The van der Waals surface area contributed by atoms with Crippen LogP contribution in [0.15, 0.2) is 0 Å². The average molecular weight is 167 g/mol. The lowest BCUT2D eigenvalue weighted by molar-refractivity contribution is 0.200. The van der Waals surface area contributed by atoms with Crippen LogP contribution < -0.4 is 0 Å². The van der Waals surface area contributed by atoms with Crippen molar-refractivity contribution in [3.05, 3.63) is 11.6 Å². The lowest BCUT2D eigenvalue weighted by Gasteiger charge is -1.92. The number of ether oxygens (including phenoxy) is 1. The molecule has 0 spiro atoms. The number of aromatic nitrogens is 3. The Morgan fingerprint density at radius 3 is 3.08 bits per heavy atom. The molecule has 0 amide bonds. The van der Waals surface area contributed by atoms with Crippen molar-refractivity contribution in [2.45, 2.75) is 25.2 Å². The van der Waals surface area contributed by atoms with Crippen molar-refractivity contribution in [1.29, 1.82) is 0 Å². The summed E-state index contributed by atoms with van der Waals surface area (Å²) in [5.41, 5.74) is 0. The molecule has 1 saturated carbocycles. The molecule has 0 aliphatic heterocycles. The normalized spacial score (nSPS) is 16.8. The third-order valence-electron chi connectivity index (χ3n) is 2.03. The van der Waals surface area contributed by atoms with Crippen LogP contribution in [0.25, 0.3) is 0 Å². The summed E-state index contributed by atoms with van der Waals surface area (Å²) >= 11 is 0. The van der Waals surface area contributed by atoms with Gasteiger partial charge in [0.25, 0.3) is 0 Å². The maximum Gasteiger partial charge on any atom is 0.153 e. The van der Waals surface area contributed by atoms with E-state index in [-0.39, 0.29) is 0 Å². The Labute approximate surface area is 71.3 Å². The summed E-state index contributed by atoms with van der Waals surface area (Å²) in [5, 5.41) is 7.06. The predicted octanol–water partition coefficient (Wildman–Crippen LogP) is 0.871. The molecule has 1 aliphatic rings. The number of nitrogens with zero attached hydrogens (tertiary/aromatic N) is 2. The highest BCUT2D eigenvalue weighted by molar-refractivity contribution is 5.04. The number of rotatable bonds is 4. The van der Waals surface area contributed by atoms with Gasteiger partial charge in [0.2, 0.25) is 0 Å². The van der Waals surface area contributed by atoms with Gasteiger partial charge in [-0.25, -0.2) is 4.98 Å². The molecular weight excluding hydrogens is 154 g/mol. The highest BCUT2D eigenvalue weighted by atomic mass is 16.5. The van der Waals surface area contributed by atoms with E-state index in [0.29, 0.717) is 12.5 Å². The first kappa shape index (κ1) is 7.73. The molecule has 2 rings (SSSR count). The number of hydrogen-bond acceptors (Lipinski definition) is 3. The van der Waals surface area contributed by atoms with Crippen molar-refractivity contribution in [3.63, 3.8) is 0 Å². The van der Waals surface area contributed by atoms with Gasteiger partial charge < -0.3 is 4.74 Å². The number of aromatic amines is 1. The molecule has 1 fully saturated rings. The van der Waals surface area contributed by atoms with Crippen LogP contribution in [0.1, 0.15) is 30.4 Å². The molecule has 0 bridgehead atoms. The molecule has 0 aromatic carbocycles. The van der Waals surface area contributed by atoms with E-state index in [1.165, 1.54) is 12.8 Å². The quantitative estimate of drug-likeness (QED) is 0.724. The van der Waals surface area contributed by atoms with E-state index in [9.17, 15) is 0 Å². The van der Waals surface area contributed by atoms with Gasteiger partial charge >= 0.3 is 0 Å². The fourth-order valence-corrected chi connectivity index (χ4v) is 1.14.